The Balaban J connectivity index is 2.31. The van der Waals surface area contributed by atoms with Crippen molar-refractivity contribution < 1.29 is 5.21 Å². The molecule has 1 N–H and O–H groups in total. The van der Waals surface area contributed by atoms with Crippen LogP contribution in [-0.4, -0.2) is 11.4 Å². The Morgan fingerprint density at radius 3 is 1.71 bits per heavy atom. The Kier molecular flexibility index (Phi) is 2.26. The lowest BCUT2D eigenvalue weighted by Gasteiger charge is -1.99. The minimum atomic E-state index is 1.11. The minimum absolute atomic E-state index is 1.11. The zero-order chi connectivity index (χ0) is 11.7. The molecule has 0 spiro atoms. The first-order chi connectivity index (χ1) is 8.42. The van der Waals surface area contributed by atoms with Gasteiger partial charge in [-0.1, -0.05) is 53.7 Å². The number of oxime groups is 1. The molecule has 0 amide bonds. The normalized spacial score (nSPS) is 12.6. The minimum Gasteiger partial charge on any atom is -0.411 e. The van der Waals surface area contributed by atoms with Crippen LogP contribution in [0.15, 0.2) is 59.8 Å². The third-order valence-electron chi connectivity index (χ3n) is 3.03. The van der Waals surface area contributed by atoms with E-state index >= 15 is 0 Å². The lowest BCUT2D eigenvalue weighted by molar-refractivity contribution is 0.322. The lowest BCUT2D eigenvalue weighted by atomic mass is 10.0. The number of benzene rings is 2. The Bertz CT molecular complexity index is 579. The van der Waals surface area contributed by atoms with Crippen molar-refractivity contribution in [1.82, 2.24) is 0 Å². The summed E-state index contributed by atoms with van der Waals surface area (Å²) in [6, 6.07) is 16.5. The number of allylic oxidation sites excluding steroid dienone is 1. The van der Waals surface area contributed by atoms with E-state index in [-0.39, 0.29) is 0 Å². The summed E-state index contributed by atoms with van der Waals surface area (Å²) in [5, 5.41) is 11.6. The monoisotopic (exact) mass is 221 g/mol. The molecule has 0 atom stereocenters. The van der Waals surface area contributed by atoms with Gasteiger partial charge in [0.25, 0.3) is 0 Å². The molecular weight excluding hydrogens is 210 g/mol. The van der Waals surface area contributed by atoms with Gasteiger partial charge in [-0.3, -0.25) is 0 Å². The Morgan fingerprint density at radius 1 is 0.765 bits per heavy atom. The molecule has 0 saturated heterocycles. The molecule has 1 aliphatic rings. The van der Waals surface area contributed by atoms with Gasteiger partial charge in [-0.15, -0.1) is 0 Å². The Hall–Kier alpha value is -2.35. The van der Waals surface area contributed by atoms with E-state index in [0.717, 1.165) is 5.57 Å². The summed E-state index contributed by atoms with van der Waals surface area (Å²) < 4.78 is 0. The van der Waals surface area contributed by atoms with Crippen LogP contribution < -0.4 is 0 Å². The van der Waals surface area contributed by atoms with Crippen LogP contribution in [0.2, 0.25) is 0 Å². The molecule has 0 aromatic heterocycles. The zero-order valence-corrected chi connectivity index (χ0v) is 9.17. The average Bonchev–Trinajstić information content (AvgIpc) is 2.71. The molecule has 0 radical (unpaired) electrons. The third-order valence-corrected chi connectivity index (χ3v) is 3.03. The quantitative estimate of drug-likeness (QED) is 0.380. The van der Waals surface area contributed by atoms with E-state index in [1.54, 1.807) is 0 Å². The fraction of sp³-hybridized carbons (Fsp3) is 0. The molecule has 2 nitrogen and oxygen atoms in total. The van der Waals surface area contributed by atoms with Gasteiger partial charge in [0.1, 0.15) is 0 Å². The maximum absolute atomic E-state index is 8.55. The van der Waals surface area contributed by atoms with Gasteiger partial charge in [-0.05, 0) is 33.9 Å². The first-order valence-electron chi connectivity index (χ1n) is 5.48. The predicted octanol–water partition coefficient (Wildman–Crippen LogP) is 3.56. The van der Waals surface area contributed by atoms with Crippen molar-refractivity contribution in [1.29, 1.82) is 0 Å². The SMILES string of the molecule is O/N=C/C=C1c2ccccc2-c2ccccc21. The summed E-state index contributed by atoms with van der Waals surface area (Å²) in [5.74, 6) is 0. The molecule has 0 saturated carbocycles. The molecule has 2 aromatic carbocycles. The van der Waals surface area contributed by atoms with Crippen molar-refractivity contribution in [3.05, 3.63) is 65.7 Å². The van der Waals surface area contributed by atoms with Crippen molar-refractivity contribution in [2.45, 2.75) is 0 Å². The summed E-state index contributed by atoms with van der Waals surface area (Å²) in [6.07, 6.45) is 3.25. The molecule has 17 heavy (non-hydrogen) atoms. The van der Waals surface area contributed by atoms with Gasteiger partial charge < -0.3 is 5.21 Å². The molecule has 0 bridgehead atoms. The number of hydrogen-bond acceptors (Lipinski definition) is 2. The second-order valence-electron chi connectivity index (χ2n) is 3.94. The third kappa shape index (κ3) is 1.46. The highest BCUT2D eigenvalue weighted by molar-refractivity contribution is 6.04. The van der Waals surface area contributed by atoms with Crippen molar-refractivity contribution in [2.75, 3.05) is 0 Å². The van der Waals surface area contributed by atoms with Gasteiger partial charge in [0.2, 0.25) is 0 Å². The fourth-order valence-electron chi connectivity index (χ4n) is 2.34. The number of nitrogens with zero attached hydrogens (tertiary/aromatic N) is 1. The van der Waals surface area contributed by atoms with Gasteiger partial charge >= 0.3 is 0 Å². The van der Waals surface area contributed by atoms with E-state index in [9.17, 15) is 0 Å². The van der Waals surface area contributed by atoms with Crippen molar-refractivity contribution >= 4 is 11.8 Å². The average molecular weight is 221 g/mol. The number of rotatable bonds is 1. The van der Waals surface area contributed by atoms with E-state index in [1.165, 1.54) is 28.5 Å². The summed E-state index contributed by atoms with van der Waals surface area (Å²) >= 11 is 0. The van der Waals surface area contributed by atoms with Crippen LogP contribution >= 0.6 is 0 Å². The smallest absolute Gasteiger partial charge is 0.0667 e. The predicted molar refractivity (Wildman–Crippen MR) is 69.2 cm³/mol. The standard InChI is InChI=1S/C15H11NO/c17-16-10-9-15-13-7-3-1-5-11(13)12-6-2-4-8-14(12)15/h1-10,17H/b16-10+. The molecule has 0 aliphatic heterocycles. The highest BCUT2D eigenvalue weighted by atomic mass is 16.4. The van der Waals surface area contributed by atoms with Crippen molar-refractivity contribution in [2.24, 2.45) is 5.16 Å². The topological polar surface area (TPSA) is 32.6 Å². The molecule has 0 unspecified atom stereocenters. The number of fused-ring (bicyclic) bond motifs is 3. The highest BCUT2D eigenvalue weighted by Crippen LogP contribution is 2.43. The summed E-state index contributed by atoms with van der Waals surface area (Å²) in [5.41, 5.74) is 5.96. The van der Waals surface area contributed by atoms with E-state index in [0.29, 0.717) is 0 Å². The summed E-state index contributed by atoms with van der Waals surface area (Å²) in [4.78, 5) is 0. The van der Waals surface area contributed by atoms with Crippen LogP contribution in [0.1, 0.15) is 11.1 Å². The van der Waals surface area contributed by atoms with Crippen LogP contribution in [0.25, 0.3) is 16.7 Å². The first-order valence-corrected chi connectivity index (χ1v) is 5.48. The van der Waals surface area contributed by atoms with Crippen LogP contribution in [0.4, 0.5) is 0 Å². The summed E-state index contributed by atoms with van der Waals surface area (Å²) in [6.45, 7) is 0. The van der Waals surface area contributed by atoms with Crippen LogP contribution in [-0.2, 0) is 0 Å². The lowest BCUT2D eigenvalue weighted by Crippen LogP contribution is -1.81. The maximum atomic E-state index is 8.55. The molecule has 0 heterocycles. The van der Waals surface area contributed by atoms with Crippen LogP contribution in [0.5, 0.6) is 0 Å². The van der Waals surface area contributed by atoms with Crippen LogP contribution in [0.3, 0.4) is 0 Å². The molecule has 2 aromatic rings. The molecular formula is C15H11NO. The van der Waals surface area contributed by atoms with Gasteiger partial charge in [0, 0.05) is 0 Å². The van der Waals surface area contributed by atoms with E-state index in [2.05, 4.69) is 29.4 Å². The largest absolute Gasteiger partial charge is 0.411 e. The molecule has 82 valence electrons. The molecule has 1 aliphatic carbocycles. The maximum Gasteiger partial charge on any atom is 0.0667 e. The summed E-state index contributed by atoms with van der Waals surface area (Å²) in [7, 11) is 0. The van der Waals surface area contributed by atoms with E-state index in [4.69, 9.17) is 5.21 Å². The van der Waals surface area contributed by atoms with Gasteiger partial charge in [0.05, 0.1) is 6.21 Å². The van der Waals surface area contributed by atoms with Crippen LogP contribution in [0, 0.1) is 0 Å². The first kappa shape index (κ1) is 9.85. The Morgan fingerprint density at radius 2 is 1.24 bits per heavy atom. The fourth-order valence-corrected chi connectivity index (χ4v) is 2.34. The van der Waals surface area contributed by atoms with Gasteiger partial charge in [0.15, 0.2) is 0 Å². The second-order valence-corrected chi connectivity index (χ2v) is 3.94. The van der Waals surface area contributed by atoms with Crippen molar-refractivity contribution in [3.8, 4) is 11.1 Å². The van der Waals surface area contributed by atoms with Gasteiger partial charge in [-0.2, -0.15) is 0 Å². The number of hydrogen-bond donors (Lipinski definition) is 1. The van der Waals surface area contributed by atoms with E-state index < -0.39 is 0 Å². The van der Waals surface area contributed by atoms with Crippen molar-refractivity contribution in [3.63, 3.8) is 0 Å². The Labute approximate surface area is 99.5 Å². The second kappa shape index (κ2) is 3.91. The highest BCUT2D eigenvalue weighted by Gasteiger charge is 2.21. The molecule has 2 heteroatoms. The van der Waals surface area contributed by atoms with Gasteiger partial charge in [-0.25, -0.2) is 0 Å². The molecule has 0 fully saturated rings. The van der Waals surface area contributed by atoms with E-state index in [1.807, 2.05) is 30.3 Å². The zero-order valence-electron chi connectivity index (χ0n) is 9.17. The molecule has 3 rings (SSSR count).